The van der Waals surface area contributed by atoms with E-state index in [-0.39, 0.29) is 5.82 Å². The fourth-order valence-corrected chi connectivity index (χ4v) is 2.16. The van der Waals surface area contributed by atoms with Gasteiger partial charge in [-0.05, 0) is 43.8 Å². The monoisotopic (exact) mass is 273 g/mol. The van der Waals surface area contributed by atoms with Crippen LogP contribution in [-0.2, 0) is 13.1 Å². The van der Waals surface area contributed by atoms with Crippen molar-refractivity contribution in [1.29, 1.82) is 0 Å². The molecule has 106 valence electrons. The lowest BCUT2D eigenvalue weighted by Gasteiger charge is -2.16. The highest BCUT2D eigenvalue weighted by Gasteiger charge is 2.04. The van der Waals surface area contributed by atoms with Gasteiger partial charge in [-0.3, -0.25) is 9.88 Å². The van der Waals surface area contributed by atoms with E-state index >= 15 is 0 Å². The van der Waals surface area contributed by atoms with E-state index in [9.17, 15) is 4.39 Å². The van der Waals surface area contributed by atoms with Crippen molar-refractivity contribution in [2.45, 2.75) is 20.0 Å². The predicted octanol–water partition coefficient (Wildman–Crippen LogP) is 3.28. The smallest absolute Gasteiger partial charge is 0.123 e. The first-order valence-electron chi connectivity index (χ1n) is 6.79. The van der Waals surface area contributed by atoms with Gasteiger partial charge >= 0.3 is 0 Å². The summed E-state index contributed by atoms with van der Waals surface area (Å²) in [5.41, 5.74) is 3.05. The van der Waals surface area contributed by atoms with Gasteiger partial charge in [0.1, 0.15) is 5.82 Å². The van der Waals surface area contributed by atoms with Crippen molar-refractivity contribution in [3.63, 3.8) is 0 Å². The van der Waals surface area contributed by atoms with Gasteiger partial charge < -0.3 is 5.32 Å². The highest BCUT2D eigenvalue weighted by molar-refractivity contribution is 5.42. The van der Waals surface area contributed by atoms with Crippen molar-refractivity contribution in [2.75, 3.05) is 18.9 Å². The molecule has 1 aromatic carbocycles. The van der Waals surface area contributed by atoms with Gasteiger partial charge in [0.2, 0.25) is 0 Å². The van der Waals surface area contributed by atoms with Gasteiger partial charge in [-0.15, -0.1) is 0 Å². The summed E-state index contributed by atoms with van der Waals surface area (Å²) in [5, 5.41) is 3.27. The van der Waals surface area contributed by atoms with Crippen LogP contribution in [0.4, 0.5) is 10.1 Å². The van der Waals surface area contributed by atoms with E-state index in [1.807, 2.05) is 31.4 Å². The third-order valence-electron chi connectivity index (χ3n) is 2.97. The number of nitrogens with zero attached hydrogens (tertiary/aromatic N) is 2. The lowest BCUT2D eigenvalue weighted by molar-refractivity contribution is 0.314. The van der Waals surface area contributed by atoms with E-state index < -0.39 is 0 Å². The van der Waals surface area contributed by atoms with E-state index in [1.165, 1.54) is 6.07 Å². The molecule has 0 unspecified atom stereocenters. The third-order valence-corrected chi connectivity index (χ3v) is 2.97. The Morgan fingerprint density at radius 2 is 2.05 bits per heavy atom. The van der Waals surface area contributed by atoms with Gasteiger partial charge in [0.25, 0.3) is 0 Å². The maximum absolute atomic E-state index is 13.1. The second-order valence-corrected chi connectivity index (χ2v) is 4.87. The molecule has 0 atom stereocenters. The number of pyridine rings is 1. The maximum atomic E-state index is 13.1. The molecule has 1 heterocycles. The van der Waals surface area contributed by atoms with Gasteiger partial charge in [0.05, 0.1) is 5.69 Å². The maximum Gasteiger partial charge on any atom is 0.123 e. The van der Waals surface area contributed by atoms with E-state index in [0.29, 0.717) is 6.54 Å². The van der Waals surface area contributed by atoms with Crippen molar-refractivity contribution in [3.05, 3.63) is 59.7 Å². The SMILES string of the molecule is CCNc1ccnc(CN(C)Cc2cccc(F)c2)c1. The number of nitrogens with one attached hydrogen (secondary N) is 1. The Kier molecular flexibility index (Phi) is 5.07. The van der Waals surface area contributed by atoms with Gasteiger partial charge in [-0.2, -0.15) is 0 Å². The topological polar surface area (TPSA) is 28.2 Å². The van der Waals surface area contributed by atoms with Crippen molar-refractivity contribution in [1.82, 2.24) is 9.88 Å². The molecule has 0 saturated heterocycles. The summed E-state index contributed by atoms with van der Waals surface area (Å²) in [5.74, 6) is -0.192. The number of aromatic nitrogens is 1. The Morgan fingerprint density at radius 1 is 1.20 bits per heavy atom. The van der Waals surface area contributed by atoms with Crippen LogP contribution in [0.15, 0.2) is 42.6 Å². The summed E-state index contributed by atoms with van der Waals surface area (Å²) in [7, 11) is 2.01. The molecule has 0 saturated carbocycles. The highest BCUT2D eigenvalue weighted by atomic mass is 19.1. The molecule has 20 heavy (non-hydrogen) atoms. The fourth-order valence-electron chi connectivity index (χ4n) is 2.16. The van der Waals surface area contributed by atoms with Crippen LogP contribution in [0.2, 0.25) is 0 Å². The second kappa shape index (κ2) is 7.01. The molecule has 0 aliphatic rings. The van der Waals surface area contributed by atoms with Crippen molar-refractivity contribution in [2.24, 2.45) is 0 Å². The van der Waals surface area contributed by atoms with Crippen molar-refractivity contribution in [3.8, 4) is 0 Å². The number of hydrogen-bond donors (Lipinski definition) is 1. The average Bonchev–Trinajstić information content (AvgIpc) is 2.39. The Hall–Kier alpha value is -1.94. The summed E-state index contributed by atoms with van der Waals surface area (Å²) >= 11 is 0. The number of benzene rings is 1. The Bertz CT molecular complexity index is 557. The van der Waals surface area contributed by atoms with Crippen LogP contribution in [0.25, 0.3) is 0 Å². The van der Waals surface area contributed by atoms with Crippen LogP contribution in [0.1, 0.15) is 18.2 Å². The largest absolute Gasteiger partial charge is 0.385 e. The van der Waals surface area contributed by atoms with E-state index in [2.05, 4.69) is 22.1 Å². The quantitative estimate of drug-likeness (QED) is 0.875. The number of halogens is 1. The minimum atomic E-state index is -0.192. The Labute approximate surface area is 119 Å². The first-order chi connectivity index (χ1) is 9.67. The summed E-state index contributed by atoms with van der Waals surface area (Å²) in [4.78, 5) is 6.48. The molecule has 0 bridgehead atoms. The molecule has 0 amide bonds. The minimum absolute atomic E-state index is 0.192. The summed E-state index contributed by atoms with van der Waals surface area (Å²) in [6.45, 7) is 4.39. The molecule has 0 aliphatic carbocycles. The lowest BCUT2D eigenvalue weighted by Crippen LogP contribution is -2.18. The first-order valence-corrected chi connectivity index (χ1v) is 6.79. The van der Waals surface area contributed by atoms with Gasteiger partial charge in [-0.25, -0.2) is 4.39 Å². The zero-order chi connectivity index (χ0) is 14.4. The summed E-state index contributed by atoms with van der Waals surface area (Å²) in [6.07, 6.45) is 1.81. The normalized spacial score (nSPS) is 10.8. The number of anilines is 1. The number of hydrogen-bond acceptors (Lipinski definition) is 3. The van der Waals surface area contributed by atoms with Gasteiger partial charge in [-0.1, -0.05) is 12.1 Å². The molecular formula is C16H20FN3. The molecule has 0 radical (unpaired) electrons. The highest BCUT2D eigenvalue weighted by Crippen LogP contribution is 2.11. The van der Waals surface area contributed by atoms with Gasteiger partial charge in [0.15, 0.2) is 0 Å². The van der Waals surface area contributed by atoms with Gasteiger partial charge in [0, 0.05) is 31.5 Å². The molecule has 1 N–H and O–H groups in total. The minimum Gasteiger partial charge on any atom is -0.385 e. The zero-order valence-electron chi connectivity index (χ0n) is 11.9. The summed E-state index contributed by atoms with van der Waals surface area (Å²) < 4.78 is 13.1. The molecule has 3 nitrogen and oxygen atoms in total. The van der Waals surface area contributed by atoms with Crippen LogP contribution >= 0.6 is 0 Å². The van der Waals surface area contributed by atoms with Crippen molar-refractivity contribution >= 4 is 5.69 Å². The van der Waals surface area contributed by atoms with Crippen LogP contribution in [0.3, 0.4) is 0 Å². The fraction of sp³-hybridized carbons (Fsp3) is 0.312. The molecule has 1 aromatic heterocycles. The predicted molar refractivity (Wildman–Crippen MR) is 80.0 cm³/mol. The van der Waals surface area contributed by atoms with Crippen LogP contribution in [0.5, 0.6) is 0 Å². The molecule has 4 heteroatoms. The second-order valence-electron chi connectivity index (χ2n) is 4.87. The Morgan fingerprint density at radius 3 is 2.80 bits per heavy atom. The average molecular weight is 273 g/mol. The lowest BCUT2D eigenvalue weighted by atomic mass is 10.2. The van der Waals surface area contributed by atoms with Crippen LogP contribution < -0.4 is 5.32 Å². The molecule has 0 fully saturated rings. The van der Waals surface area contributed by atoms with E-state index in [4.69, 9.17) is 0 Å². The zero-order valence-corrected chi connectivity index (χ0v) is 11.9. The number of rotatable bonds is 6. The van der Waals surface area contributed by atoms with Crippen molar-refractivity contribution < 1.29 is 4.39 Å². The molecule has 0 aliphatic heterocycles. The van der Waals surface area contributed by atoms with E-state index in [0.717, 1.165) is 30.0 Å². The summed E-state index contributed by atoms with van der Waals surface area (Å²) in [6, 6.07) is 10.7. The molecular weight excluding hydrogens is 253 g/mol. The van der Waals surface area contributed by atoms with Crippen LogP contribution in [0, 0.1) is 5.82 Å². The van der Waals surface area contributed by atoms with E-state index in [1.54, 1.807) is 12.1 Å². The first kappa shape index (κ1) is 14.5. The third kappa shape index (κ3) is 4.31. The Balaban J connectivity index is 1.97. The standard InChI is InChI=1S/C16H20FN3/c1-3-18-15-7-8-19-16(10-15)12-20(2)11-13-5-4-6-14(17)9-13/h4-10H,3,11-12H2,1-2H3,(H,18,19). The molecule has 0 spiro atoms. The molecule has 2 aromatic rings. The van der Waals surface area contributed by atoms with Crippen LogP contribution in [-0.4, -0.2) is 23.5 Å². The molecule has 2 rings (SSSR count).